The van der Waals surface area contributed by atoms with Gasteiger partial charge in [0.25, 0.3) is 11.9 Å². The molecule has 1 aromatic heterocycles. The van der Waals surface area contributed by atoms with Crippen LogP contribution in [0, 0.1) is 5.82 Å². The van der Waals surface area contributed by atoms with Gasteiger partial charge in [-0.15, -0.1) is 5.10 Å². The Bertz CT molecular complexity index is 1300. The van der Waals surface area contributed by atoms with Crippen molar-refractivity contribution in [2.24, 2.45) is 0 Å². The lowest BCUT2D eigenvalue weighted by molar-refractivity contribution is 0.102. The highest BCUT2D eigenvalue weighted by Crippen LogP contribution is 2.33. The van der Waals surface area contributed by atoms with Crippen molar-refractivity contribution in [2.75, 3.05) is 10.6 Å². The molecule has 0 bridgehead atoms. The summed E-state index contributed by atoms with van der Waals surface area (Å²) in [6, 6.07) is 22.1. The van der Waals surface area contributed by atoms with Crippen LogP contribution in [0.1, 0.15) is 27.5 Å². The summed E-state index contributed by atoms with van der Waals surface area (Å²) in [4.78, 5) is 17.0. The molecule has 0 spiro atoms. The molecule has 0 saturated carbocycles. The van der Waals surface area contributed by atoms with Gasteiger partial charge in [0, 0.05) is 16.3 Å². The lowest BCUT2D eigenvalue weighted by Gasteiger charge is -2.24. The topological polar surface area (TPSA) is 71.8 Å². The van der Waals surface area contributed by atoms with Crippen molar-refractivity contribution in [3.05, 3.63) is 112 Å². The molecular weight excluding hydrogens is 429 g/mol. The molecular formula is C24H17ClFN5O. The number of amides is 1. The van der Waals surface area contributed by atoms with Gasteiger partial charge in [0.15, 0.2) is 0 Å². The third-order valence-electron chi connectivity index (χ3n) is 5.09. The highest BCUT2D eigenvalue weighted by molar-refractivity contribution is 6.30. The van der Waals surface area contributed by atoms with Crippen molar-refractivity contribution >= 4 is 35.1 Å². The fourth-order valence-electron chi connectivity index (χ4n) is 3.50. The Balaban J connectivity index is 1.51. The van der Waals surface area contributed by atoms with Crippen LogP contribution in [-0.2, 0) is 0 Å². The van der Waals surface area contributed by atoms with Gasteiger partial charge >= 0.3 is 0 Å². The Kier molecular flexibility index (Phi) is 5.17. The number of hydrogen-bond donors (Lipinski definition) is 2. The number of nitrogens with one attached hydrogen (secondary N) is 2. The van der Waals surface area contributed by atoms with Crippen LogP contribution in [0.5, 0.6) is 0 Å². The number of anilines is 2. The minimum atomic E-state index is -0.354. The minimum absolute atomic E-state index is 0.166. The molecule has 4 aromatic rings. The number of halogens is 2. The smallest absolute Gasteiger partial charge is 0.258 e. The summed E-state index contributed by atoms with van der Waals surface area (Å²) in [6.45, 7) is 0. The van der Waals surface area contributed by atoms with Crippen molar-refractivity contribution in [3.8, 4) is 0 Å². The molecule has 2 heterocycles. The van der Waals surface area contributed by atoms with E-state index < -0.39 is 0 Å². The summed E-state index contributed by atoms with van der Waals surface area (Å²) in [5.74, 6) is -0.00802. The molecule has 0 radical (unpaired) electrons. The fraction of sp³-hybridized carbons (Fsp3) is 0.0417. The summed E-state index contributed by atoms with van der Waals surface area (Å²) in [7, 11) is 0. The lowest BCUT2D eigenvalue weighted by Crippen LogP contribution is -2.20. The molecule has 3 aromatic carbocycles. The van der Waals surface area contributed by atoms with Gasteiger partial charge in [-0.2, -0.15) is 4.98 Å². The summed E-state index contributed by atoms with van der Waals surface area (Å²) < 4.78 is 15.2. The number of allylic oxidation sites excluding steroid dienone is 1. The maximum atomic E-state index is 13.5. The van der Waals surface area contributed by atoms with Gasteiger partial charge in [0.1, 0.15) is 11.9 Å². The molecule has 1 aliphatic rings. The SMILES string of the molecule is O=C(Nc1nc2n(n1)C(c1ccc(F)cc1)C=C(c1ccc(Cl)cc1)N2)c1ccccc1. The molecule has 1 amide bonds. The van der Waals surface area contributed by atoms with Crippen molar-refractivity contribution in [2.45, 2.75) is 6.04 Å². The third-order valence-corrected chi connectivity index (χ3v) is 5.35. The molecule has 158 valence electrons. The van der Waals surface area contributed by atoms with E-state index in [2.05, 4.69) is 20.7 Å². The largest absolute Gasteiger partial charge is 0.324 e. The quantitative estimate of drug-likeness (QED) is 0.442. The summed E-state index contributed by atoms with van der Waals surface area (Å²) >= 11 is 6.03. The Morgan fingerprint density at radius 1 is 1.00 bits per heavy atom. The van der Waals surface area contributed by atoms with Gasteiger partial charge in [0.2, 0.25) is 5.95 Å². The predicted molar refractivity (Wildman–Crippen MR) is 122 cm³/mol. The average molecular weight is 446 g/mol. The Labute approximate surface area is 188 Å². The van der Waals surface area contributed by atoms with Crippen LogP contribution in [0.15, 0.2) is 84.9 Å². The maximum Gasteiger partial charge on any atom is 0.258 e. The summed E-state index contributed by atoms with van der Waals surface area (Å²) in [5, 5.41) is 11.1. The zero-order valence-electron chi connectivity index (χ0n) is 16.7. The van der Waals surface area contributed by atoms with E-state index in [4.69, 9.17) is 11.6 Å². The molecule has 5 rings (SSSR count). The van der Waals surface area contributed by atoms with Crippen LogP contribution < -0.4 is 10.6 Å². The minimum Gasteiger partial charge on any atom is -0.324 e. The predicted octanol–water partition coefficient (Wildman–Crippen LogP) is 5.38. The standard InChI is InChI=1S/C24H17ClFN5O/c25-18-10-6-15(7-11-18)20-14-21(16-8-12-19(26)13-9-16)31-24(27-20)29-23(30-31)28-22(32)17-4-2-1-3-5-17/h1-14,21H,(H2,27,28,29,30,32). The number of benzene rings is 3. The van der Waals surface area contributed by atoms with E-state index in [0.29, 0.717) is 16.5 Å². The van der Waals surface area contributed by atoms with Crippen LogP contribution in [0.2, 0.25) is 5.02 Å². The van der Waals surface area contributed by atoms with Crippen molar-refractivity contribution in [1.82, 2.24) is 14.8 Å². The van der Waals surface area contributed by atoms with Crippen molar-refractivity contribution in [1.29, 1.82) is 0 Å². The van der Waals surface area contributed by atoms with Crippen molar-refractivity contribution in [3.63, 3.8) is 0 Å². The molecule has 0 aliphatic carbocycles. The molecule has 2 N–H and O–H groups in total. The normalized spacial score (nSPS) is 14.8. The number of carbonyl (C=O) groups is 1. The maximum absolute atomic E-state index is 13.5. The van der Waals surface area contributed by atoms with Crippen LogP contribution in [0.25, 0.3) is 5.70 Å². The second kappa shape index (κ2) is 8.28. The van der Waals surface area contributed by atoms with E-state index in [1.54, 1.807) is 53.2 Å². The van der Waals surface area contributed by atoms with Crippen molar-refractivity contribution < 1.29 is 9.18 Å². The third kappa shape index (κ3) is 3.98. The van der Waals surface area contributed by atoms with Gasteiger partial charge in [-0.1, -0.05) is 54.1 Å². The van der Waals surface area contributed by atoms with Crippen LogP contribution in [0.4, 0.5) is 16.3 Å². The molecule has 1 unspecified atom stereocenters. The molecule has 32 heavy (non-hydrogen) atoms. The Morgan fingerprint density at radius 3 is 2.44 bits per heavy atom. The molecule has 0 fully saturated rings. The molecule has 1 atom stereocenters. The second-order valence-corrected chi connectivity index (χ2v) is 7.67. The van der Waals surface area contributed by atoms with Gasteiger partial charge in [0.05, 0.1) is 0 Å². The van der Waals surface area contributed by atoms with E-state index in [0.717, 1.165) is 16.8 Å². The van der Waals surface area contributed by atoms with E-state index in [9.17, 15) is 9.18 Å². The van der Waals surface area contributed by atoms with E-state index in [1.807, 2.05) is 24.3 Å². The first-order valence-electron chi connectivity index (χ1n) is 9.90. The molecule has 6 nitrogen and oxygen atoms in total. The van der Waals surface area contributed by atoms with Gasteiger partial charge in [-0.05, 0) is 53.6 Å². The number of fused-ring (bicyclic) bond motifs is 1. The molecule has 0 saturated heterocycles. The van der Waals surface area contributed by atoms with E-state index in [1.165, 1.54) is 12.1 Å². The second-order valence-electron chi connectivity index (χ2n) is 7.23. The lowest BCUT2D eigenvalue weighted by atomic mass is 10.0. The fourth-order valence-corrected chi connectivity index (χ4v) is 3.63. The Hall–Kier alpha value is -3.97. The van der Waals surface area contributed by atoms with E-state index >= 15 is 0 Å². The number of nitrogens with zero attached hydrogens (tertiary/aromatic N) is 3. The summed E-state index contributed by atoms with van der Waals surface area (Å²) in [6.07, 6.45) is 1.97. The number of rotatable bonds is 4. The zero-order chi connectivity index (χ0) is 22.1. The first-order valence-corrected chi connectivity index (χ1v) is 10.3. The first kappa shape index (κ1) is 20.0. The summed E-state index contributed by atoms with van der Waals surface area (Å²) in [5.41, 5.74) is 3.04. The van der Waals surface area contributed by atoms with Crippen LogP contribution in [-0.4, -0.2) is 20.7 Å². The average Bonchev–Trinajstić information content (AvgIpc) is 3.22. The number of hydrogen-bond acceptors (Lipinski definition) is 4. The Morgan fingerprint density at radius 2 is 1.72 bits per heavy atom. The highest BCUT2D eigenvalue weighted by atomic mass is 35.5. The highest BCUT2D eigenvalue weighted by Gasteiger charge is 2.26. The van der Waals surface area contributed by atoms with Gasteiger partial charge in [-0.25, -0.2) is 9.07 Å². The van der Waals surface area contributed by atoms with E-state index in [-0.39, 0.29) is 23.7 Å². The monoisotopic (exact) mass is 445 g/mol. The van der Waals surface area contributed by atoms with Gasteiger partial charge in [-0.3, -0.25) is 10.1 Å². The first-order chi connectivity index (χ1) is 15.6. The molecule has 8 heteroatoms. The van der Waals surface area contributed by atoms with Crippen LogP contribution in [0.3, 0.4) is 0 Å². The van der Waals surface area contributed by atoms with Crippen LogP contribution >= 0.6 is 11.6 Å². The zero-order valence-corrected chi connectivity index (χ0v) is 17.4. The molecule has 1 aliphatic heterocycles. The number of aromatic nitrogens is 3. The number of carbonyl (C=O) groups excluding carboxylic acids is 1. The van der Waals surface area contributed by atoms with Gasteiger partial charge < -0.3 is 5.32 Å².